The predicted octanol–water partition coefficient (Wildman–Crippen LogP) is 4.24. The molecule has 1 saturated heterocycles. The second-order valence-electron chi connectivity index (χ2n) is 7.41. The Labute approximate surface area is 169 Å². The van der Waals surface area contributed by atoms with Gasteiger partial charge in [0.1, 0.15) is 11.5 Å². The Hall–Kier alpha value is -2.99. The molecule has 1 aliphatic rings. The summed E-state index contributed by atoms with van der Waals surface area (Å²) in [6.07, 6.45) is 3.61. The van der Waals surface area contributed by atoms with Crippen molar-refractivity contribution in [2.45, 2.75) is 25.9 Å². The summed E-state index contributed by atoms with van der Waals surface area (Å²) in [6, 6.07) is 14.0. The largest absolute Gasteiger partial charge is 0.381 e. The van der Waals surface area contributed by atoms with Crippen molar-refractivity contribution in [2.75, 3.05) is 20.2 Å². The van der Waals surface area contributed by atoms with Gasteiger partial charge in [-0.25, -0.2) is 9.07 Å². The average Bonchev–Trinajstić information content (AvgIpc) is 3.19. The van der Waals surface area contributed by atoms with Crippen LogP contribution < -0.4 is 0 Å². The molecule has 0 radical (unpaired) electrons. The van der Waals surface area contributed by atoms with Crippen LogP contribution in [0.3, 0.4) is 0 Å². The third-order valence-electron chi connectivity index (χ3n) is 5.39. The summed E-state index contributed by atoms with van der Waals surface area (Å²) in [6.45, 7) is 3.33. The number of aromatic nitrogens is 2. The Morgan fingerprint density at radius 1 is 1.14 bits per heavy atom. The van der Waals surface area contributed by atoms with E-state index in [-0.39, 0.29) is 17.8 Å². The molecular weight excluding hydrogens is 369 g/mol. The van der Waals surface area contributed by atoms with E-state index in [1.54, 1.807) is 30.1 Å². The summed E-state index contributed by atoms with van der Waals surface area (Å²) in [5, 5.41) is 4.69. The predicted molar refractivity (Wildman–Crippen MR) is 110 cm³/mol. The van der Waals surface area contributed by atoms with Crippen molar-refractivity contribution < 1.29 is 13.9 Å². The molecule has 0 N–H and O–H groups in total. The molecule has 29 heavy (non-hydrogen) atoms. The van der Waals surface area contributed by atoms with Crippen LogP contribution >= 0.6 is 0 Å². The first-order valence-electron chi connectivity index (χ1n) is 9.80. The van der Waals surface area contributed by atoms with Crippen molar-refractivity contribution >= 4 is 5.91 Å². The van der Waals surface area contributed by atoms with Crippen molar-refractivity contribution in [1.82, 2.24) is 14.7 Å². The van der Waals surface area contributed by atoms with Gasteiger partial charge in [-0.2, -0.15) is 5.10 Å². The number of carbonyl (C=O) groups is 1. The summed E-state index contributed by atoms with van der Waals surface area (Å²) >= 11 is 0. The van der Waals surface area contributed by atoms with Crippen LogP contribution in [0, 0.1) is 12.7 Å². The Bertz CT molecular complexity index is 1010. The number of hydrogen-bond acceptors (Lipinski definition) is 3. The number of rotatable bonds is 4. The highest BCUT2D eigenvalue weighted by molar-refractivity contribution is 6.00. The maximum absolute atomic E-state index is 13.3. The van der Waals surface area contributed by atoms with Crippen LogP contribution in [-0.2, 0) is 4.74 Å². The zero-order valence-electron chi connectivity index (χ0n) is 16.6. The summed E-state index contributed by atoms with van der Waals surface area (Å²) < 4.78 is 20.4. The lowest BCUT2D eigenvalue weighted by atomic mass is 10.0. The quantitative estimate of drug-likeness (QED) is 0.666. The van der Waals surface area contributed by atoms with E-state index in [1.165, 1.54) is 12.1 Å². The number of nitrogens with zero attached hydrogens (tertiary/aromatic N) is 3. The van der Waals surface area contributed by atoms with Gasteiger partial charge in [-0.15, -0.1) is 0 Å². The van der Waals surface area contributed by atoms with Gasteiger partial charge >= 0.3 is 0 Å². The van der Waals surface area contributed by atoms with Gasteiger partial charge < -0.3 is 9.64 Å². The van der Waals surface area contributed by atoms with Gasteiger partial charge in [-0.1, -0.05) is 23.8 Å². The van der Waals surface area contributed by atoms with Crippen LogP contribution in [0.15, 0.2) is 54.7 Å². The third-order valence-corrected chi connectivity index (χ3v) is 5.39. The average molecular weight is 393 g/mol. The molecule has 1 fully saturated rings. The second-order valence-corrected chi connectivity index (χ2v) is 7.41. The number of halogens is 1. The highest BCUT2D eigenvalue weighted by Crippen LogP contribution is 2.27. The monoisotopic (exact) mass is 393 g/mol. The van der Waals surface area contributed by atoms with Gasteiger partial charge in [-0.05, 0) is 50.1 Å². The lowest BCUT2D eigenvalue weighted by Gasteiger charge is -2.31. The van der Waals surface area contributed by atoms with E-state index in [4.69, 9.17) is 9.84 Å². The van der Waals surface area contributed by atoms with Gasteiger partial charge in [0, 0.05) is 32.0 Å². The zero-order chi connectivity index (χ0) is 20.4. The number of piperidine rings is 1. The van der Waals surface area contributed by atoms with Crippen LogP contribution in [-0.4, -0.2) is 46.9 Å². The fraction of sp³-hybridized carbons (Fsp3) is 0.304. The molecule has 0 unspecified atom stereocenters. The maximum atomic E-state index is 13.3. The highest BCUT2D eigenvalue weighted by atomic mass is 19.1. The smallest absolute Gasteiger partial charge is 0.257 e. The molecule has 1 aromatic heterocycles. The molecular formula is C23H24FN3O2. The second kappa shape index (κ2) is 8.17. The van der Waals surface area contributed by atoms with Gasteiger partial charge in [0.15, 0.2) is 0 Å². The minimum absolute atomic E-state index is 0.0376. The van der Waals surface area contributed by atoms with E-state index in [1.807, 2.05) is 36.1 Å². The number of ether oxygens (including phenoxy) is 1. The molecule has 2 aromatic carbocycles. The van der Waals surface area contributed by atoms with Crippen molar-refractivity contribution in [3.63, 3.8) is 0 Å². The van der Waals surface area contributed by atoms with E-state index in [0.717, 1.165) is 24.0 Å². The van der Waals surface area contributed by atoms with Crippen LogP contribution in [0.1, 0.15) is 28.8 Å². The number of carbonyl (C=O) groups excluding carboxylic acids is 1. The molecule has 0 spiro atoms. The minimum Gasteiger partial charge on any atom is -0.381 e. The standard InChI is InChI=1S/C23H24FN3O2/c1-16-4-3-5-17(14-16)22-21(23(28)26-12-10-20(29-2)11-13-26)15-27(25-22)19-8-6-18(24)7-9-19/h3-9,14-15,20H,10-13H2,1-2H3. The minimum atomic E-state index is -0.308. The van der Waals surface area contributed by atoms with Crippen LogP contribution in [0.2, 0.25) is 0 Å². The van der Waals surface area contributed by atoms with Crippen LogP contribution in [0.25, 0.3) is 16.9 Å². The molecule has 0 atom stereocenters. The SMILES string of the molecule is COC1CCN(C(=O)c2cn(-c3ccc(F)cc3)nc2-c2cccc(C)c2)CC1. The van der Waals surface area contributed by atoms with Crippen molar-refractivity contribution in [1.29, 1.82) is 0 Å². The Morgan fingerprint density at radius 2 is 1.86 bits per heavy atom. The van der Waals surface area contributed by atoms with Crippen molar-refractivity contribution in [3.8, 4) is 16.9 Å². The molecule has 150 valence electrons. The molecule has 0 saturated carbocycles. The Kier molecular flexibility index (Phi) is 5.45. The van der Waals surface area contributed by atoms with Crippen molar-refractivity contribution in [2.24, 2.45) is 0 Å². The molecule has 1 amide bonds. The fourth-order valence-corrected chi connectivity index (χ4v) is 3.73. The first kappa shape index (κ1) is 19.3. The Balaban J connectivity index is 1.73. The molecule has 0 aliphatic carbocycles. The van der Waals surface area contributed by atoms with Crippen molar-refractivity contribution in [3.05, 3.63) is 71.7 Å². The first-order valence-corrected chi connectivity index (χ1v) is 9.80. The molecule has 1 aliphatic heterocycles. The van der Waals surface area contributed by atoms with Gasteiger partial charge in [0.2, 0.25) is 0 Å². The number of methoxy groups -OCH3 is 1. The summed E-state index contributed by atoms with van der Waals surface area (Å²) in [5.74, 6) is -0.346. The van der Waals surface area contributed by atoms with E-state index in [2.05, 4.69) is 0 Å². The van der Waals surface area contributed by atoms with E-state index in [9.17, 15) is 9.18 Å². The number of likely N-dealkylation sites (tertiary alicyclic amines) is 1. The zero-order valence-corrected chi connectivity index (χ0v) is 16.6. The third kappa shape index (κ3) is 4.07. The summed E-state index contributed by atoms with van der Waals surface area (Å²) in [5.41, 5.74) is 3.88. The lowest BCUT2D eigenvalue weighted by molar-refractivity contribution is 0.0351. The fourth-order valence-electron chi connectivity index (χ4n) is 3.73. The Morgan fingerprint density at radius 3 is 2.52 bits per heavy atom. The maximum Gasteiger partial charge on any atom is 0.257 e. The van der Waals surface area contributed by atoms with Gasteiger partial charge in [-0.3, -0.25) is 4.79 Å². The van der Waals surface area contributed by atoms with Gasteiger partial charge in [0.25, 0.3) is 5.91 Å². The highest BCUT2D eigenvalue weighted by Gasteiger charge is 2.27. The molecule has 6 heteroatoms. The topological polar surface area (TPSA) is 47.4 Å². The number of hydrogen-bond donors (Lipinski definition) is 0. The lowest BCUT2D eigenvalue weighted by Crippen LogP contribution is -2.40. The van der Waals surface area contributed by atoms with E-state index >= 15 is 0 Å². The number of aryl methyl sites for hydroxylation is 1. The van der Waals surface area contributed by atoms with E-state index < -0.39 is 0 Å². The summed E-state index contributed by atoms with van der Waals surface area (Å²) in [4.78, 5) is 15.2. The molecule has 5 nitrogen and oxygen atoms in total. The molecule has 2 heterocycles. The molecule has 0 bridgehead atoms. The molecule has 4 rings (SSSR count). The van der Waals surface area contributed by atoms with Gasteiger partial charge in [0.05, 0.1) is 17.4 Å². The summed E-state index contributed by atoms with van der Waals surface area (Å²) in [7, 11) is 1.71. The molecule has 3 aromatic rings. The van der Waals surface area contributed by atoms with E-state index in [0.29, 0.717) is 30.0 Å². The first-order chi connectivity index (χ1) is 14.0. The number of benzene rings is 2. The van der Waals surface area contributed by atoms with Crippen LogP contribution in [0.5, 0.6) is 0 Å². The number of amides is 1. The van der Waals surface area contributed by atoms with Crippen LogP contribution in [0.4, 0.5) is 4.39 Å². The normalized spacial score (nSPS) is 14.9.